The van der Waals surface area contributed by atoms with E-state index in [1.165, 1.54) is 6.07 Å². The SMILES string of the molecule is O=C(O)c1ccc2c(ccc3cccc(C(=O)O)c32)c1. The van der Waals surface area contributed by atoms with Gasteiger partial charge in [-0.25, -0.2) is 9.59 Å². The van der Waals surface area contributed by atoms with Crippen molar-refractivity contribution in [2.45, 2.75) is 0 Å². The number of hydrogen-bond donors (Lipinski definition) is 2. The maximum atomic E-state index is 11.3. The lowest BCUT2D eigenvalue weighted by molar-refractivity contribution is 0.0687. The maximum absolute atomic E-state index is 11.3. The second-order valence-electron chi connectivity index (χ2n) is 4.52. The molecule has 4 heteroatoms. The predicted octanol–water partition coefficient (Wildman–Crippen LogP) is 3.39. The zero-order chi connectivity index (χ0) is 14.3. The van der Waals surface area contributed by atoms with Crippen molar-refractivity contribution in [1.29, 1.82) is 0 Å². The van der Waals surface area contributed by atoms with Gasteiger partial charge in [-0.15, -0.1) is 0 Å². The Kier molecular flexibility index (Phi) is 2.64. The van der Waals surface area contributed by atoms with Gasteiger partial charge in [0.15, 0.2) is 0 Å². The van der Waals surface area contributed by atoms with Gasteiger partial charge in [-0.05, 0) is 34.4 Å². The van der Waals surface area contributed by atoms with Gasteiger partial charge in [0.05, 0.1) is 11.1 Å². The van der Waals surface area contributed by atoms with E-state index in [2.05, 4.69) is 0 Å². The fraction of sp³-hybridized carbons (Fsp3) is 0. The summed E-state index contributed by atoms with van der Waals surface area (Å²) < 4.78 is 0. The van der Waals surface area contributed by atoms with Gasteiger partial charge < -0.3 is 10.2 Å². The Labute approximate surface area is 113 Å². The molecule has 0 heterocycles. The minimum atomic E-state index is -1.00. The topological polar surface area (TPSA) is 74.6 Å². The molecule has 98 valence electrons. The van der Waals surface area contributed by atoms with Crippen LogP contribution in [0.1, 0.15) is 20.7 Å². The zero-order valence-corrected chi connectivity index (χ0v) is 10.3. The summed E-state index contributed by atoms with van der Waals surface area (Å²) in [5.74, 6) is -2.00. The van der Waals surface area contributed by atoms with Crippen molar-refractivity contribution in [3.8, 4) is 0 Å². The Morgan fingerprint density at radius 2 is 1.55 bits per heavy atom. The van der Waals surface area contributed by atoms with Crippen LogP contribution < -0.4 is 0 Å². The molecule has 0 radical (unpaired) electrons. The van der Waals surface area contributed by atoms with Crippen LogP contribution in [0.2, 0.25) is 0 Å². The highest BCUT2D eigenvalue weighted by Gasteiger charge is 2.12. The van der Waals surface area contributed by atoms with Crippen molar-refractivity contribution >= 4 is 33.5 Å². The molecule has 3 aromatic carbocycles. The molecule has 0 bridgehead atoms. The van der Waals surface area contributed by atoms with E-state index in [1.807, 2.05) is 6.07 Å². The van der Waals surface area contributed by atoms with E-state index in [1.54, 1.807) is 36.4 Å². The number of fused-ring (bicyclic) bond motifs is 3. The van der Waals surface area contributed by atoms with Crippen molar-refractivity contribution in [3.05, 3.63) is 59.7 Å². The first kappa shape index (κ1) is 12.2. The molecule has 0 spiro atoms. The van der Waals surface area contributed by atoms with Crippen LogP contribution in [0.3, 0.4) is 0 Å². The average molecular weight is 266 g/mol. The summed E-state index contributed by atoms with van der Waals surface area (Å²) in [5, 5.41) is 21.2. The first-order valence-corrected chi connectivity index (χ1v) is 6.00. The molecule has 2 N–H and O–H groups in total. The van der Waals surface area contributed by atoms with Crippen LogP contribution >= 0.6 is 0 Å². The summed E-state index contributed by atoms with van der Waals surface area (Å²) in [4.78, 5) is 22.3. The molecule has 0 atom stereocenters. The minimum absolute atomic E-state index is 0.185. The number of aromatic carboxylic acids is 2. The molecule has 0 saturated heterocycles. The standard InChI is InChI=1S/C16H10O4/c17-15(18)11-6-7-12-10(8-11)5-4-9-2-1-3-13(14(9)12)16(19)20/h1-8H,(H,17,18)(H,19,20). The van der Waals surface area contributed by atoms with Crippen LogP contribution in [0.4, 0.5) is 0 Å². The third-order valence-electron chi connectivity index (χ3n) is 3.34. The lowest BCUT2D eigenvalue weighted by Crippen LogP contribution is -1.99. The van der Waals surface area contributed by atoms with E-state index < -0.39 is 11.9 Å². The first-order valence-electron chi connectivity index (χ1n) is 6.00. The van der Waals surface area contributed by atoms with Crippen LogP contribution in [-0.4, -0.2) is 22.2 Å². The van der Waals surface area contributed by atoms with Crippen molar-refractivity contribution < 1.29 is 19.8 Å². The Morgan fingerprint density at radius 1 is 0.800 bits per heavy atom. The van der Waals surface area contributed by atoms with Crippen molar-refractivity contribution in [1.82, 2.24) is 0 Å². The third kappa shape index (κ3) is 1.78. The highest BCUT2D eigenvalue weighted by Crippen LogP contribution is 2.29. The van der Waals surface area contributed by atoms with Gasteiger partial charge in [0.25, 0.3) is 0 Å². The average Bonchev–Trinajstić information content (AvgIpc) is 2.45. The lowest BCUT2D eigenvalue weighted by Gasteiger charge is -2.07. The van der Waals surface area contributed by atoms with Gasteiger partial charge in [-0.2, -0.15) is 0 Å². The molecular weight excluding hydrogens is 256 g/mol. The third-order valence-corrected chi connectivity index (χ3v) is 3.34. The van der Waals surface area contributed by atoms with Crippen molar-refractivity contribution in [3.63, 3.8) is 0 Å². The van der Waals surface area contributed by atoms with Gasteiger partial charge >= 0.3 is 11.9 Å². The molecule has 0 aliphatic rings. The Balaban J connectivity index is 2.46. The van der Waals surface area contributed by atoms with E-state index in [0.29, 0.717) is 10.8 Å². The summed E-state index contributed by atoms with van der Waals surface area (Å²) >= 11 is 0. The normalized spacial score (nSPS) is 10.8. The van der Waals surface area contributed by atoms with E-state index in [-0.39, 0.29) is 11.1 Å². The molecule has 0 unspecified atom stereocenters. The number of benzene rings is 3. The fourth-order valence-electron chi connectivity index (χ4n) is 2.43. The second kappa shape index (κ2) is 4.35. The summed E-state index contributed by atoms with van der Waals surface area (Å²) in [6, 6.07) is 13.4. The van der Waals surface area contributed by atoms with Crippen LogP contribution in [0.25, 0.3) is 21.5 Å². The van der Waals surface area contributed by atoms with Gasteiger partial charge in [0.2, 0.25) is 0 Å². The monoisotopic (exact) mass is 266 g/mol. The molecule has 0 fully saturated rings. The molecular formula is C16H10O4. The maximum Gasteiger partial charge on any atom is 0.336 e. The second-order valence-corrected chi connectivity index (χ2v) is 4.52. The molecule has 0 aliphatic heterocycles. The zero-order valence-electron chi connectivity index (χ0n) is 10.3. The van der Waals surface area contributed by atoms with E-state index >= 15 is 0 Å². The summed E-state index contributed by atoms with van der Waals surface area (Å²) in [6.07, 6.45) is 0. The van der Waals surface area contributed by atoms with Crippen LogP contribution in [-0.2, 0) is 0 Å². The summed E-state index contributed by atoms with van der Waals surface area (Å²) in [5.41, 5.74) is 0.404. The van der Waals surface area contributed by atoms with Crippen molar-refractivity contribution in [2.75, 3.05) is 0 Å². The van der Waals surface area contributed by atoms with Gasteiger partial charge in [-0.1, -0.05) is 30.3 Å². The fourth-order valence-corrected chi connectivity index (χ4v) is 2.43. The van der Waals surface area contributed by atoms with E-state index in [4.69, 9.17) is 5.11 Å². The Hall–Kier alpha value is -2.88. The largest absolute Gasteiger partial charge is 0.478 e. The van der Waals surface area contributed by atoms with E-state index in [9.17, 15) is 14.7 Å². The van der Waals surface area contributed by atoms with Crippen LogP contribution in [0.5, 0.6) is 0 Å². The Bertz CT molecular complexity index is 865. The minimum Gasteiger partial charge on any atom is -0.478 e. The van der Waals surface area contributed by atoms with E-state index in [0.717, 1.165) is 10.8 Å². The van der Waals surface area contributed by atoms with Crippen molar-refractivity contribution in [2.24, 2.45) is 0 Å². The molecule has 0 aromatic heterocycles. The predicted molar refractivity (Wildman–Crippen MR) is 75.4 cm³/mol. The molecule has 0 amide bonds. The van der Waals surface area contributed by atoms with Crippen LogP contribution in [0.15, 0.2) is 48.5 Å². The van der Waals surface area contributed by atoms with Gasteiger partial charge in [0.1, 0.15) is 0 Å². The quantitative estimate of drug-likeness (QED) is 0.697. The molecule has 0 aliphatic carbocycles. The molecule has 4 nitrogen and oxygen atoms in total. The number of hydrogen-bond acceptors (Lipinski definition) is 2. The number of rotatable bonds is 2. The highest BCUT2D eigenvalue weighted by atomic mass is 16.4. The number of carboxylic acid groups (broad SMARTS) is 2. The number of carboxylic acids is 2. The Morgan fingerprint density at radius 3 is 2.25 bits per heavy atom. The highest BCUT2D eigenvalue weighted by molar-refractivity contribution is 6.16. The van der Waals surface area contributed by atoms with Gasteiger partial charge in [-0.3, -0.25) is 0 Å². The first-order chi connectivity index (χ1) is 9.58. The molecule has 20 heavy (non-hydrogen) atoms. The molecule has 3 rings (SSSR count). The smallest absolute Gasteiger partial charge is 0.336 e. The summed E-state index contributed by atoms with van der Waals surface area (Å²) in [7, 11) is 0. The number of carbonyl (C=O) groups is 2. The lowest BCUT2D eigenvalue weighted by atomic mass is 9.96. The summed E-state index contributed by atoms with van der Waals surface area (Å²) in [6.45, 7) is 0. The van der Waals surface area contributed by atoms with Crippen LogP contribution in [0, 0.1) is 0 Å². The molecule has 0 saturated carbocycles. The van der Waals surface area contributed by atoms with Gasteiger partial charge in [0, 0.05) is 5.39 Å². The molecule has 3 aromatic rings.